The standard InChI is InChI=1S/C10H16N2S/c1-3-4-5-10(2)11-6-8-12(13)9-7-11/h3-5,13H,1-2,6-9H2/b5-4-. The first-order valence-electron chi connectivity index (χ1n) is 4.41. The fourth-order valence-corrected chi connectivity index (χ4v) is 1.45. The lowest BCUT2D eigenvalue weighted by Crippen LogP contribution is -2.41. The maximum Gasteiger partial charge on any atom is 0.0315 e. The summed E-state index contributed by atoms with van der Waals surface area (Å²) in [6.45, 7) is 11.6. The smallest absolute Gasteiger partial charge is 0.0315 e. The second kappa shape index (κ2) is 5.14. The number of hydrogen-bond donors (Lipinski definition) is 1. The predicted octanol–water partition coefficient (Wildman–Crippen LogP) is 1.70. The van der Waals surface area contributed by atoms with Crippen LogP contribution in [0.3, 0.4) is 0 Å². The molecule has 1 saturated heterocycles. The van der Waals surface area contributed by atoms with Gasteiger partial charge in [-0.3, -0.25) is 0 Å². The lowest BCUT2D eigenvalue weighted by atomic mass is 10.3. The second-order valence-corrected chi connectivity index (χ2v) is 3.59. The molecule has 0 amide bonds. The van der Waals surface area contributed by atoms with Gasteiger partial charge in [0.05, 0.1) is 0 Å². The maximum atomic E-state index is 4.28. The van der Waals surface area contributed by atoms with Crippen molar-refractivity contribution in [3.8, 4) is 0 Å². The fourth-order valence-electron chi connectivity index (χ4n) is 1.27. The third kappa shape index (κ3) is 3.28. The van der Waals surface area contributed by atoms with Crippen molar-refractivity contribution in [1.82, 2.24) is 9.21 Å². The van der Waals surface area contributed by atoms with Crippen LogP contribution in [0.4, 0.5) is 0 Å². The Kier molecular flexibility index (Phi) is 4.12. The summed E-state index contributed by atoms with van der Waals surface area (Å²) < 4.78 is 2.03. The molecule has 0 aromatic heterocycles. The summed E-state index contributed by atoms with van der Waals surface area (Å²) in [5, 5.41) is 0. The van der Waals surface area contributed by atoms with E-state index >= 15 is 0 Å². The van der Waals surface area contributed by atoms with Crippen molar-refractivity contribution < 1.29 is 0 Å². The van der Waals surface area contributed by atoms with Crippen molar-refractivity contribution in [1.29, 1.82) is 0 Å². The monoisotopic (exact) mass is 196 g/mol. The van der Waals surface area contributed by atoms with Crippen LogP contribution < -0.4 is 0 Å². The van der Waals surface area contributed by atoms with E-state index in [0.29, 0.717) is 0 Å². The summed E-state index contributed by atoms with van der Waals surface area (Å²) >= 11 is 4.28. The van der Waals surface area contributed by atoms with Crippen LogP contribution in [0.25, 0.3) is 0 Å². The van der Waals surface area contributed by atoms with Crippen molar-refractivity contribution in [2.45, 2.75) is 0 Å². The van der Waals surface area contributed by atoms with Crippen molar-refractivity contribution in [2.24, 2.45) is 0 Å². The number of thiol groups is 1. The van der Waals surface area contributed by atoms with Gasteiger partial charge < -0.3 is 4.90 Å². The first-order chi connectivity index (χ1) is 6.24. The summed E-state index contributed by atoms with van der Waals surface area (Å²) in [6.07, 6.45) is 5.66. The molecule has 2 nitrogen and oxygen atoms in total. The van der Waals surface area contributed by atoms with Gasteiger partial charge >= 0.3 is 0 Å². The quantitative estimate of drug-likeness (QED) is 0.542. The van der Waals surface area contributed by atoms with Gasteiger partial charge in [0.15, 0.2) is 0 Å². The number of rotatable bonds is 3. The molecule has 0 radical (unpaired) electrons. The molecular formula is C10H16N2S. The number of nitrogens with zero attached hydrogens (tertiary/aromatic N) is 2. The molecule has 0 aromatic rings. The van der Waals surface area contributed by atoms with Crippen LogP contribution >= 0.6 is 12.8 Å². The highest BCUT2D eigenvalue weighted by Crippen LogP contribution is 2.09. The van der Waals surface area contributed by atoms with Crippen molar-refractivity contribution in [2.75, 3.05) is 26.2 Å². The predicted molar refractivity (Wildman–Crippen MR) is 60.6 cm³/mol. The molecule has 0 saturated carbocycles. The van der Waals surface area contributed by atoms with Crippen LogP contribution in [0.2, 0.25) is 0 Å². The van der Waals surface area contributed by atoms with Crippen LogP contribution in [0.5, 0.6) is 0 Å². The molecule has 3 heteroatoms. The zero-order valence-corrected chi connectivity index (χ0v) is 8.71. The number of piperazine rings is 1. The minimum atomic E-state index is 0.990. The van der Waals surface area contributed by atoms with E-state index in [1.165, 1.54) is 0 Å². The summed E-state index contributed by atoms with van der Waals surface area (Å²) in [5.74, 6) is 0. The van der Waals surface area contributed by atoms with Gasteiger partial charge in [-0.25, -0.2) is 4.31 Å². The van der Waals surface area contributed by atoms with Crippen LogP contribution in [-0.2, 0) is 0 Å². The van der Waals surface area contributed by atoms with Crippen LogP contribution in [0, 0.1) is 0 Å². The summed E-state index contributed by atoms with van der Waals surface area (Å²) in [4.78, 5) is 2.26. The van der Waals surface area contributed by atoms with E-state index in [4.69, 9.17) is 0 Å². The van der Waals surface area contributed by atoms with E-state index < -0.39 is 0 Å². The SMILES string of the molecule is C=C/C=C\C(=C)N1CCN(S)CC1. The van der Waals surface area contributed by atoms with E-state index in [0.717, 1.165) is 31.9 Å². The first-order valence-corrected chi connectivity index (χ1v) is 4.81. The Balaban J connectivity index is 2.40. The van der Waals surface area contributed by atoms with Gasteiger partial charge in [0.1, 0.15) is 0 Å². The zero-order valence-electron chi connectivity index (χ0n) is 7.82. The third-order valence-corrected chi connectivity index (χ3v) is 2.49. The molecule has 1 rings (SSSR count). The molecule has 0 bridgehead atoms. The van der Waals surface area contributed by atoms with Gasteiger partial charge in [-0.2, -0.15) is 0 Å². The minimum absolute atomic E-state index is 0.990. The lowest BCUT2D eigenvalue weighted by molar-refractivity contribution is 0.248. The summed E-state index contributed by atoms with van der Waals surface area (Å²) in [5.41, 5.74) is 1.06. The van der Waals surface area contributed by atoms with Crippen LogP contribution in [-0.4, -0.2) is 35.4 Å². The van der Waals surface area contributed by atoms with Crippen LogP contribution in [0.1, 0.15) is 0 Å². The van der Waals surface area contributed by atoms with Crippen molar-refractivity contribution >= 4 is 12.8 Å². The summed E-state index contributed by atoms with van der Waals surface area (Å²) in [7, 11) is 0. The zero-order chi connectivity index (χ0) is 9.68. The Morgan fingerprint density at radius 2 is 1.85 bits per heavy atom. The van der Waals surface area contributed by atoms with Gasteiger partial charge in [0, 0.05) is 31.9 Å². The summed E-state index contributed by atoms with van der Waals surface area (Å²) in [6, 6.07) is 0. The highest BCUT2D eigenvalue weighted by molar-refractivity contribution is 7.77. The molecule has 1 aliphatic heterocycles. The van der Waals surface area contributed by atoms with Crippen LogP contribution in [0.15, 0.2) is 37.1 Å². The third-order valence-electron chi connectivity index (χ3n) is 2.09. The van der Waals surface area contributed by atoms with Gasteiger partial charge in [0.2, 0.25) is 0 Å². The molecule has 0 aromatic carbocycles. The molecular weight excluding hydrogens is 180 g/mol. The fraction of sp³-hybridized carbons (Fsp3) is 0.400. The van der Waals surface area contributed by atoms with Gasteiger partial charge in [-0.15, -0.1) is 0 Å². The Labute approximate surface area is 85.8 Å². The molecule has 0 unspecified atom stereocenters. The Hall–Kier alpha value is -0.670. The molecule has 0 N–H and O–H groups in total. The number of hydrogen-bond acceptors (Lipinski definition) is 3. The molecule has 0 atom stereocenters. The molecule has 1 heterocycles. The molecule has 1 aliphatic rings. The van der Waals surface area contributed by atoms with Crippen molar-refractivity contribution in [3.05, 3.63) is 37.1 Å². The largest absolute Gasteiger partial charge is 0.369 e. The molecule has 13 heavy (non-hydrogen) atoms. The molecule has 0 spiro atoms. The second-order valence-electron chi connectivity index (χ2n) is 3.03. The minimum Gasteiger partial charge on any atom is -0.369 e. The number of allylic oxidation sites excluding steroid dienone is 3. The van der Waals surface area contributed by atoms with Gasteiger partial charge in [0.25, 0.3) is 0 Å². The van der Waals surface area contributed by atoms with E-state index in [1.807, 2.05) is 16.5 Å². The molecule has 0 aliphatic carbocycles. The Bertz CT molecular complexity index is 215. The normalized spacial score (nSPS) is 19.3. The van der Waals surface area contributed by atoms with E-state index in [-0.39, 0.29) is 0 Å². The van der Waals surface area contributed by atoms with Gasteiger partial charge in [-0.1, -0.05) is 38.1 Å². The highest BCUT2D eigenvalue weighted by atomic mass is 32.1. The maximum absolute atomic E-state index is 4.28. The van der Waals surface area contributed by atoms with E-state index in [9.17, 15) is 0 Å². The van der Waals surface area contributed by atoms with E-state index in [1.54, 1.807) is 6.08 Å². The van der Waals surface area contributed by atoms with Crippen molar-refractivity contribution in [3.63, 3.8) is 0 Å². The average Bonchev–Trinajstić information content (AvgIpc) is 2.15. The Morgan fingerprint density at radius 3 is 2.38 bits per heavy atom. The molecule has 72 valence electrons. The highest BCUT2D eigenvalue weighted by Gasteiger charge is 2.13. The van der Waals surface area contributed by atoms with Gasteiger partial charge in [-0.05, 0) is 6.08 Å². The molecule has 1 fully saturated rings. The first kappa shape index (κ1) is 10.4. The average molecular weight is 196 g/mol. The Morgan fingerprint density at radius 1 is 1.23 bits per heavy atom. The topological polar surface area (TPSA) is 6.48 Å². The van der Waals surface area contributed by atoms with E-state index in [2.05, 4.69) is 30.9 Å². The lowest BCUT2D eigenvalue weighted by Gasteiger charge is -2.33.